The highest BCUT2D eigenvalue weighted by atomic mass is 32.2. The summed E-state index contributed by atoms with van der Waals surface area (Å²) in [6.07, 6.45) is 0.836. The lowest BCUT2D eigenvalue weighted by atomic mass is 10.1. The number of fused-ring (bicyclic) bond motifs is 1. The van der Waals surface area contributed by atoms with Crippen LogP contribution in [0.4, 0.5) is 5.69 Å². The Kier molecular flexibility index (Phi) is 7.67. The van der Waals surface area contributed by atoms with Gasteiger partial charge in [-0.1, -0.05) is 73.7 Å². The van der Waals surface area contributed by atoms with Crippen molar-refractivity contribution < 1.29 is 17.9 Å². The van der Waals surface area contributed by atoms with Crippen LogP contribution in [0, 0.1) is 0 Å². The fraction of sp³-hybridized carbons (Fsp3) is 0.179. The number of hydrogen-bond acceptors (Lipinski definition) is 4. The minimum Gasteiger partial charge on any atom is -0.491 e. The van der Waals surface area contributed by atoms with Crippen molar-refractivity contribution in [2.24, 2.45) is 0 Å². The van der Waals surface area contributed by atoms with Crippen LogP contribution in [0.2, 0.25) is 0 Å². The second-order valence-corrected chi connectivity index (χ2v) is 9.88. The average Bonchev–Trinajstić information content (AvgIpc) is 2.90. The predicted octanol–water partition coefficient (Wildman–Crippen LogP) is 4.79. The lowest BCUT2D eigenvalue weighted by Crippen LogP contribution is -2.41. The van der Waals surface area contributed by atoms with Crippen molar-refractivity contribution in [3.8, 4) is 5.75 Å². The molecule has 0 fully saturated rings. The van der Waals surface area contributed by atoms with Crippen LogP contribution in [0.5, 0.6) is 5.75 Å². The SMILES string of the molecule is CCc1ccc(N(CC(=O)NCCOc2cccc3ccccc23)S(=O)(=O)c2ccccc2)cc1. The largest absolute Gasteiger partial charge is 0.491 e. The minimum atomic E-state index is -3.93. The number of hydrogen-bond donors (Lipinski definition) is 1. The van der Waals surface area contributed by atoms with Crippen LogP contribution in [0.25, 0.3) is 10.8 Å². The summed E-state index contributed by atoms with van der Waals surface area (Å²) < 4.78 is 33.8. The van der Waals surface area contributed by atoms with Crippen LogP contribution in [0.1, 0.15) is 12.5 Å². The molecule has 0 aliphatic carbocycles. The molecule has 4 rings (SSSR count). The molecule has 0 aliphatic heterocycles. The number of nitrogens with zero attached hydrogens (tertiary/aromatic N) is 1. The molecule has 0 saturated heterocycles. The molecule has 0 atom stereocenters. The van der Waals surface area contributed by atoms with E-state index in [0.29, 0.717) is 5.69 Å². The van der Waals surface area contributed by atoms with Gasteiger partial charge in [-0.25, -0.2) is 8.42 Å². The van der Waals surface area contributed by atoms with Crippen molar-refractivity contribution >= 4 is 32.4 Å². The Bertz CT molecular complexity index is 1380. The zero-order valence-electron chi connectivity index (χ0n) is 19.6. The van der Waals surface area contributed by atoms with Crippen LogP contribution in [0.15, 0.2) is 102 Å². The van der Waals surface area contributed by atoms with Crippen molar-refractivity contribution in [1.82, 2.24) is 5.32 Å². The number of benzene rings is 4. The first-order valence-electron chi connectivity index (χ1n) is 11.5. The monoisotopic (exact) mass is 488 g/mol. The van der Waals surface area contributed by atoms with Gasteiger partial charge in [-0.3, -0.25) is 9.10 Å². The molecule has 0 aromatic heterocycles. The molecule has 0 heterocycles. The summed E-state index contributed by atoms with van der Waals surface area (Å²) in [4.78, 5) is 12.9. The topological polar surface area (TPSA) is 75.7 Å². The van der Waals surface area contributed by atoms with Crippen LogP contribution >= 0.6 is 0 Å². The van der Waals surface area contributed by atoms with E-state index in [4.69, 9.17) is 4.74 Å². The highest BCUT2D eigenvalue weighted by Crippen LogP contribution is 2.25. The standard InChI is InChI=1S/C28H28N2O4S/c1-2-22-15-17-24(18-16-22)30(35(32,33)25-11-4-3-5-12-25)21-28(31)29-19-20-34-27-14-8-10-23-9-6-7-13-26(23)27/h3-18H,2,19-21H2,1H3,(H,29,31). The summed E-state index contributed by atoms with van der Waals surface area (Å²) in [6.45, 7) is 2.20. The van der Waals surface area contributed by atoms with Crippen molar-refractivity contribution in [1.29, 1.82) is 0 Å². The van der Waals surface area contributed by atoms with Gasteiger partial charge >= 0.3 is 0 Å². The molecular formula is C28H28N2O4S. The lowest BCUT2D eigenvalue weighted by Gasteiger charge is -2.24. The van der Waals surface area contributed by atoms with Crippen molar-refractivity contribution in [2.45, 2.75) is 18.2 Å². The van der Waals surface area contributed by atoms with Crippen LogP contribution in [0.3, 0.4) is 0 Å². The average molecular weight is 489 g/mol. The van der Waals surface area contributed by atoms with Crippen molar-refractivity contribution in [2.75, 3.05) is 24.0 Å². The molecule has 0 spiro atoms. The second kappa shape index (κ2) is 11.1. The maximum absolute atomic E-state index is 13.4. The van der Waals surface area contributed by atoms with Gasteiger partial charge in [-0.2, -0.15) is 0 Å². The maximum atomic E-state index is 13.4. The summed E-state index contributed by atoms with van der Waals surface area (Å²) in [5, 5.41) is 4.85. The molecule has 0 aliphatic rings. The molecule has 0 radical (unpaired) electrons. The van der Waals surface area contributed by atoms with E-state index in [-0.39, 0.29) is 24.6 Å². The molecule has 0 bridgehead atoms. The first kappa shape index (κ1) is 24.3. The molecule has 7 heteroatoms. The Balaban J connectivity index is 1.44. The number of aryl methyl sites for hydroxylation is 1. The van der Waals surface area contributed by atoms with E-state index in [1.165, 1.54) is 12.1 Å². The Hall–Kier alpha value is -3.84. The Morgan fingerprint density at radius 2 is 1.54 bits per heavy atom. The Labute approximate surface area is 206 Å². The van der Waals surface area contributed by atoms with Gasteiger partial charge in [0.05, 0.1) is 17.1 Å². The summed E-state index contributed by atoms with van der Waals surface area (Å²) in [5.41, 5.74) is 1.52. The van der Waals surface area contributed by atoms with Gasteiger partial charge in [0.1, 0.15) is 18.9 Å². The third-order valence-electron chi connectivity index (χ3n) is 5.68. The maximum Gasteiger partial charge on any atom is 0.264 e. The lowest BCUT2D eigenvalue weighted by molar-refractivity contribution is -0.119. The highest BCUT2D eigenvalue weighted by Gasteiger charge is 2.27. The molecule has 0 unspecified atom stereocenters. The summed E-state index contributed by atoms with van der Waals surface area (Å²) in [6, 6.07) is 29.1. The van der Waals surface area contributed by atoms with E-state index >= 15 is 0 Å². The zero-order chi connectivity index (χ0) is 24.7. The number of amides is 1. The second-order valence-electron chi connectivity index (χ2n) is 8.02. The quantitative estimate of drug-likeness (QED) is 0.326. The van der Waals surface area contributed by atoms with E-state index in [1.54, 1.807) is 30.3 Å². The molecule has 1 N–H and O–H groups in total. The van der Waals surface area contributed by atoms with Crippen LogP contribution in [-0.2, 0) is 21.2 Å². The molecule has 180 valence electrons. The predicted molar refractivity (Wildman–Crippen MR) is 139 cm³/mol. The zero-order valence-corrected chi connectivity index (χ0v) is 20.4. The molecule has 4 aromatic rings. The van der Waals surface area contributed by atoms with E-state index < -0.39 is 15.9 Å². The molecular weight excluding hydrogens is 460 g/mol. The third-order valence-corrected chi connectivity index (χ3v) is 7.47. The summed E-state index contributed by atoms with van der Waals surface area (Å²) >= 11 is 0. The van der Waals surface area contributed by atoms with Gasteiger partial charge in [-0.15, -0.1) is 0 Å². The smallest absolute Gasteiger partial charge is 0.264 e. The number of ether oxygens (including phenoxy) is 1. The number of sulfonamides is 1. The molecule has 4 aromatic carbocycles. The van der Waals surface area contributed by atoms with E-state index in [2.05, 4.69) is 5.32 Å². The Morgan fingerprint density at radius 1 is 0.857 bits per heavy atom. The first-order chi connectivity index (χ1) is 17.0. The normalized spacial score (nSPS) is 11.2. The molecule has 1 amide bonds. The fourth-order valence-corrected chi connectivity index (χ4v) is 5.23. The third kappa shape index (κ3) is 5.81. The number of rotatable bonds is 10. The van der Waals surface area contributed by atoms with Gasteiger partial charge in [0.25, 0.3) is 10.0 Å². The number of carbonyl (C=O) groups is 1. The molecule has 6 nitrogen and oxygen atoms in total. The van der Waals surface area contributed by atoms with Crippen LogP contribution in [-0.4, -0.2) is 34.0 Å². The minimum absolute atomic E-state index is 0.131. The molecule has 35 heavy (non-hydrogen) atoms. The van der Waals surface area contributed by atoms with Gasteiger partial charge in [0.15, 0.2) is 0 Å². The van der Waals surface area contributed by atoms with Gasteiger partial charge in [0, 0.05) is 5.39 Å². The van der Waals surface area contributed by atoms with E-state index in [1.807, 2.05) is 61.5 Å². The van der Waals surface area contributed by atoms with Crippen molar-refractivity contribution in [3.63, 3.8) is 0 Å². The number of carbonyl (C=O) groups excluding carboxylic acids is 1. The van der Waals surface area contributed by atoms with Crippen LogP contribution < -0.4 is 14.4 Å². The highest BCUT2D eigenvalue weighted by molar-refractivity contribution is 7.92. The van der Waals surface area contributed by atoms with E-state index in [9.17, 15) is 13.2 Å². The van der Waals surface area contributed by atoms with E-state index in [0.717, 1.165) is 32.8 Å². The van der Waals surface area contributed by atoms with Gasteiger partial charge < -0.3 is 10.1 Å². The Morgan fingerprint density at radius 3 is 2.29 bits per heavy atom. The summed E-state index contributed by atoms with van der Waals surface area (Å²) in [7, 11) is -3.93. The fourth-order valence-electron chi connectivity index (χ4n) is 3.79. The van der Waals surface area contributed by atoms with Gasteiger partial charge in [0.2, 0.25) is 5.91 Å². The summed E-state index contributed by atoms with van der Waals surface area (Å²) in [5.74, 6) is 0.326. The first-order valence-corrected chi connectivity index (χ1v) is 13.0. The number of nitrogens with one attached hydrogen (secondary N) is 1. The van der Waals surface area contributed by atoms with Gasteiger partial charge in [-0.05, 0) is 47.7 Å². The molecule has 0 saturated carbocycles. The number of anilines is 1. The van der Waals surface area contributed by atoms with Crippen molar-refractivity contribution in [3.05, 3.63) is 103 Å².